The van der Waals surface area contributed by atoms with Gasteiger partial charge >= 0.3 is 0 Å². The van der Waals surface area contributed by atoms with E-state index >= 15 is 0 Å². The summed E-state index contributed by atoms with van der Waals surface area (Å²) in [4.78, 5) is 0.256. The van der Waals surface area contributed by atoms with Gasteiger partial charge < -0.3 is 10.1 Å². The molecule has 0 bridgehead atoms. The lowest BCUT2D eigenvalue weighted by atomic mass is 10.2. The fourth-order valence-electron chi connectivity index (χ4n) is 2.72. The lowest BCUT2D eigenvalue weighted by Gasteiger charge is -2.11. The number of rotatable bonds is 8. The number of hydrogen-bond donors (Lipinski definition) is 2. The van der Waals surface area contributed by atoms with Crippen molar-refractivity contribution in [2.45, 2.75) is 24.8 Å². The minimum Gasteiger partial charge on any atom is -0.497 e. The second-order valence-electron chi connectivity index (χ2n) is 6.38. The molecule has 146 valence electrons. The van der Waals surface area contributed by atoms with Crippen LogP contribution in [0.5, 0.6) is 5.75 Å². The summed E-state index contributed by atoms with van der Waals surface area (Å²) in [5.74, 6) is 0.824. The third-order valence-electron chi connectivity index (χ3n) is 4.43. The van der Waals surface area contributed by atoms with Crippen molar-refractivity contribution in [3.63, 3.8) is 0 Å². The van der Waals surface area contributed by atoms with Gasteiger partial charge in [0.25, 0.3) is 10.0 Å². The minimum atomic E-state index is -3.60. The Hall–Kier alpha value is -2.99. The zero-order valence-electron chi connectivity index (χ0n) is 16.0. The Morgan fingerprint density at radius 3 is 1.93 bits per heavy atom. The first-order valence-electron chi connectivity index (χ1n) is 9.09. The number of benzene rings is 3. The highest BCUT2D eigenvalue weighted by Gasteiger charge is 2.13. The SMILES string of the molecule is CCc1ccc(S(=O)(=O)Nc2ccc(NCc3ccc(OC)cc3)cc2)cc1. The summed E-state index contributed by atoms with van der Waals surface area (Å²) in [5, 5.41) is 3.31. The van der Waals surface area contributed by atoms with E-state index in [0.717, 1.165) is 29.0 Å². The molecule has 0 saturated heterocycles. The van der Waals surface area contributed by atoms with Gasteiger partial charge in [-0.1, -0.05) is 31.2 Å². The van der Waals surface area contributed by atoms with Gasteiger partial charge in [-0.05, 0) is 66.1 Å². The van der Waals surface area contributed by atoms with Crippen LogP contribution < -0.4 is 14.8 Å². The highest BCUT2D eigenvalue weighted by Crippen LogP contribution is 2.20. The van der Waals surface area contributed by atoms with E-state index in [-0.39, 0.29) is 4.90 Å². The molecular weight excluding hydrogens is 372 g/mol. The normalized spacial score (nSPS) is 11.1. The van der Waals surface area contributed by atoms with Crippen molar-refractivity contribution in [2.24, 2.45) is 0 Å². The second-order valence-corrected chi connectivity index (χ2v) is 8.06. The van der Waals surface area contributed by atoms with E-state index in [1.54, 1.807) is 31.4 Å². The van der Waals surface area contributed by atoms with Crippen LogP contribution in [0.4, 0.5) is 11.4 Å². The first kappa shape index (κ1) is 19.8. The van der Waals surface area contributed by atoms with Crippen LogP contribution in [0.15, 0.2) is 77.7 Å². The lowest BCUT2D eigenvalue weighted by Crippen LogP contribution is -2.13. The smallest absolute Gasteiger partial charge is 0.261 e. The summed E-state index contributed by atoms with van der Waals surface area (Å²) < 4.78 is 32.8. The van der Waals surface area contributed by atoms with Gasteiger partial charge in [0, 0.05) is 17.9 Å². The molecule has 3 aromatic carbocycles. The summed E-state index contributed by atoms with van der Waals surface area (Å²) in [6.07, 6.45) is 0.874. The van der Waals surface area contributed by atoms with E-state index in [2.05, 4.69) is 10.0 Å². The Morgan fingerprint density at radius 1 is 0.786 bits per heavy atom. The van der Waals surface area contributed by atoms with E-state index < -0.39 is 10.0 Å². The summed E-state index contributed by atoms with van der Waals surface area (Å²) in [5.41, 5.74) is 3.66. The van der Waals surface area contributed by atoms with Gasteiger partial charge in [0.1, 0.15) is 5.75 Å². The van der Waals surface area contributed by atoms with E-state index in [1.807, 2.05) is 55.5 Å². The van der Waals surface area contributed by atoms with E-state index in [4.69, 9.17) is 4.74 Å². The molecule has 0 spiro atoms. The molecule has 0 aromatic heterocycles. The van der Waals surface area contributed by atoms with Crippen molar-refractivity contribution in [1.82, 2.24) is 0 Å². The molecule has 0 unspecified atom stereocenters. The molecular formula is C22H24N2O3S. The van der Waals surface area contributed by atoms with Gasteiger partial charge in [-0.2, -0.15) is 0 Å². The van der Waals surface area contributed by atoms with Crippen LogP contribution in [0.1, 0.15) is 18.1 Å². The quantitative estimate of drug-likeness (QED) is 0.581. The maximum atomic E-state index is 12.5. The Bertz CT molecular complexity index is 997. The number of anilines is 2. The van der Waals surface area contributed by atoms with Gasteiger partial charge in [0.05, 0.1) is 12.0 Å². The van der Waals surface area contributed by atoms with Gasteiger partial charge in [-0.15, -0.1) is 0 Å². The monoisotopic (exact) mass is 396 g/mol. The minimum absolute atomic E-state index is 0.256. The molecule has 0 atom stereocenters. The van der Waals surface area contributed by atoms with Crippen molar-refractivity contribution in [1.29, 1.82) is 0 Å². The number of hydrogen-bond acceptors (Lipinski definition) is 4. The third-order valence-corrected chi connectivity index (χ3v) is 5.83. The maximum absolute atomic E-state index is 12.5. The van der Waals surface area contributed by atoms with Crippen LogP contribution in [-0.2, 0) is 23.0 Å². The average molecular weight is 397 g/mol. The number of aryl methyl sites for hydroxylation is 1. The number of sulfonamides is 1. The number of nitrogens with one attached hydrogen (secondary N) is 2. The molecule has 3 aromatic rings. The molecule has 0 aliphatic carbocycles. The second kappa shape index (κ2) is 8.80. The predicted molar refractivity (Wildman–Crippen MR) is 113 cm³/mol. The highest BCUT2D eigenvalue weighted by molar-refractivity contribution is 7.92. The lowest BCUT2D eigenvalue weighted by molar-refractivity contribution is 0.414. The van der Waals surface area contributed by atoms with Crippen LogP contribution in [0, 0.1) is 0 Å². The molecule has 0 radical (unpaired) electrons. The van der Waals surface area contributed by atoms with Crippen molar-refractivity contribution in [3.05, 3.63) is 83.9 Å². The van der Waals surface area contributed by atoms with Crippen LogP contribution >= 0.6 is 0 Å². The largest absolute Gasteiger partial charge is 0.497 e. The fraction of sp³-hybridized carbons (Fsp3) is 0.182. The van der Waals surface area contributed by atoms with Crippen molar-refractivity contribution in [2.75, 3.05) is 17.1 Å². The molecule has 0 saturated carbocycles. The molecule has 0 aliphatic heterocycles. The Kier molecular flexibility index (Phi) is 6.21. The molecule has 0 fully saturated rings. The highest BCUT2D eigenvalue weighted by atomic mass is 32.2. The van der Waals surface area contributed by atoms with Crippen LogP contribution in [0.25, 0.3) is 0 Å². The third kappa shape index (κ3) is 5.04. The van der Waals surface area contributed by atoms with Crippen LogP contribution in [-0.4, -0.2) is 15.5 Å². The topological polar surface area (TPSA) is 67.4 Å². The molecule has 6 heteroatoms. The fourth-order valence-corrected chi connectivity index (χ4v) is 3.78. The van der Waals surface area contributed by atoms with Gasteiger partial charge in [0.15, 0.2) is 0 Å². The summed E-state index contributed by atoms with van der Waals surface area (Å²) in [7, 11) is -1.95. The molecule has 0 amide bonds. The van der Waals surface area contributed by atoms with Crippen molar-refractivity contribution in [3.8, 4) is 5.75 Å². The standard InChI is InChI=1S/C22H24N2O3S/c1-3-17-6-14-22(15-7-17)28(25,26)24-20-10-8-19(9-11-20)23-16-18-4-12-21(27-2)13-5-18/h4-15,23-24H,3,16H2,1-2H3. The van der Waals surface area contributed by atoms with E-state index in [9.17, 15) is 8.42 Å². The average Bonchev–Trinajstić information content (AvgIpc) is 2.73. The Balaban J connectivity index is 1.61. The molecule has 28 heavy (non-hydrogen) atoms. The van der Waals surface area contributed by atoms with Crippen LogP contribution in [0.2, 0.25) is 0 Å². The first-order valence-corrected chi connectivity index (χ1v) is 10.6. The van der Waals surface area contributed by atoms with Crippen molar-refractivity contribution < 1.29 is 13.2 Å². The molecule has 5 nitrogen and oxygen atoms in total. The maximum Gasteiger partial charge on any atom is 0.261 e. The van der Waals surface area contributed by atoms with E-state index in [0.29, 0.717) is 12.2 Å². The van der Waals surface area contributed by atoms with Crippen LogP contribution in [0.3, 0.4) is 0 Å². The number of methoxy groups -OCH3 is 1. The zero-order valence-corrected chi connectivity index (χ0v) is 16.8. The molecule has 2 N–H and O–H groups in total. The summed E-state index contributed by atoms with van der Waals surface area (Å²) in [6, 6.07) is 21.9. The molecule has 0 heterocycles. The van der Waals surface area contributed by atoms with Gasteiger partial charge in [0.2, 0.25) is 0 Å². The van der Waals surface area contributed by atoms with Crippen molar-refractivity contribution >= 4 is 21.4 Å². The zero-order chi connectivity index (χ0) is 20.0. The first-order chi connectivity index (χ1) is 13.5. The molecule has 3 rings (SSSR count). The summed E-state index contributed by atoms with van der Waals surface area (Å²) >= 11 is 0. The van der Waals surface area contributed by atoms with Gasteiger partial charge in [-0.3, -0.25) is 4.72 Å². The van der Waals surface area contributed by atoms with Gasteiger partial charge in [-0.25, -0.2) is 8.42 Å². The Labute approximate surface area is 166 Å². The predicted octanol–water partition coefficient (Wildman–Crippen LogP) is 4.67. The summed E-state index contributed by atoms with van der Waals surface area (Å²) in [6.45, 7) is 2.70. The Morgan fingerprint density at radius 2 is 1.36 bits per heavy atom. The number of ether oxygens (including phenoxy) is 1. The van der Waals surface area contributed by atoms with E-state index in [1.165, 1.54) is 0 Å². The molecule has 0 aliphatic rings.